The van der Waals surface area contributed by atoms with Gasteiger partial charge < -0.3 is 0 Å². The zero-order valence-electron chi connectivity index (χ0n) is 36.0. The Morgan fingerprint density at radius 1 is 0.344 bits per heavy atom. The third kappa shape index (κ3) is 4.94. The Morgan fingerprint density at radius 2 is 0.906 bits per heavy atom. The highest BCUT2D eigenvalue weighted by Gasteiger charge is 2.37. The maximum absolute atomic E-state index is 2.56. The van der Waals surface area contributed by atoms with Crippen LogP contribution in [0.5, 0.6) is 0 Å². The van der Waals surface area contributed by atoms with Gasteiger partial charge in [-0.15, -0.1) is 0 Å². The summed E-state index contributed by atoms with van der Waals surface area (Å²) in [6.45, 7) is 4.82. The van der Waals surface area contributed by atoms with E-state index in [1.165, 1.54) is 138 Å². The Bertz CT molecular complexity index is 3780. The van der Waals surface area contributed by atoms with Gasteiger partial charge >= 0.3 is 0 Å². The SMILES string of the molecule is CC1(C)c2ccccc2-c2ccc(C(c3ccc4c5ccccc5c5ccccc5c4c3)c3cccc4c3-c3cc5ccccc5c(-c5cccc6c5Cc5ccccc5-6)c3C4)cc21. The molecule has 0 radical (unpaired) electrons. The fourth-order valence-corrected chi connectivity index (χ4v) is 12.6. The molecule has 0 heterocycles. The molecule has 0 saturated heterocycles. The highest BCUT2D eigenvalue weighted by atomic mass is 14.4. The monoisotopic (exact) mass is 812 g/mol. The second kappa shape index (κ2) is 13.2. The van der Waals surface area contributed by atoms with Crippen LogP contribution in [-0.2, 0) is 18.3 Å². The summed E-state index contributed by atoms with van der Waals surface area (Å²) in [5.41, 5.74) is 23.5. The van der Waals surface area contributed by atoms with Crippen LogP contribution in [0, 0.1) is 0 Å². The Hall–Kier alpha value is -7.54. The van der Waals surface area contributed by atoms with Crippen LogP contribution in [0.25, 0.3) is 87.6 Å². The summed E-state index contributed by atoms with van der Waals surface area (Å²) in [6, 6.07) is 76.6. The van der Waals surface area contributed by atoms with Gasteiger partial charge in [-0.3, -0.25) is 0 Å². The van der Waals surface area contributed by atoms with E-state index in [1.807, 2.05) is 0 Å². The lowest BCUT2D eigenvalue weighted by molar-refractivity contribution is 0.659. The molecule has 0 spiro atoms. The van der Waals surface area contributed by atoms with Crippen molar-refractivity contribution in [3.8, 4) is 44.5 Å². The first-order chi connectivity index (χ1) is 31.5. The third-order valence-corrected chi connectivity index (χ3v) is 15.5. The average molecular weight is 813 g/mol. The van der Waals surface area contributed by atoms with E-state index in [9.17, 15) is 0 Å². The van der Waals surface area contributed by atoms with Gasteiger partial charge in [0.15, 0.2) is 0 Å². The maximum Gasteiger partial charge on any atom is 0.0346 e. The molecule has 11 aromatic rings. The molecule has 0 fully saturated rings. The van der Waals surface area contributed by atoms with Crippen LogP contribution in [0.2, 0.25) is 0 Å². The van der Waals surface area contributed by atoms with E-state index in [-0.39, 0.29) is 11.3 Å². The minimum Gasteiger partial charge on any atom is -0.0619 e. The van der Waals surface area contributed by atoms with Crippen LogP contribution >= 0.6 is 0 Å². The molecule has 0 amide bonds. The van der Waals surface area contributed by atoms with Crippen LogP contribution in [0.4, 0.5) is 0 Å². The molecule has 1 unspecified atom stereocenters. The summed E-state index contributed by atoms with van der Waals surface area (Å²) >= 11 is 0. The zero-order chi connectivity index (χ0) is 42.3. The van der Waals surface area contributed by atoms with E-state index in [4.69, 9.17) is 0 Å². The summed E-state index contributed by atoms with van der Waals surface area (Å²) in [6.07, 6.45) is 1.87. The summed E-state index contributed by atoms with van der Waals surface area (Å²) in [5.74, 6) is -0.00858. The number of fused-ring (bicyclic) bond motifs is 16. The van der Waals surface area contributed by atoms with Crippen LogP contribution < -0.4 is 0 Å². The summed E-state index contributed by atoms with van der Waals surface area (Å²) < 4.78 is 0. The van der Waals surface area contributed by atoms with Crippen LogP contribution in [0.3, 0.4) is 0 Å². The minimum absolute atomic E-state index is 0.00858. The van der Waals surface area contributed by atoms with Crippen molar-refractivity contribution in [2.45, 2.75) is 38.0 Å². The van der Waals surface area contributed by atoms with Crippen molar-refractivity contribution in [1.82, 2.24) is 0 Å². The average Bonchev–Trinajstić information content (AvgIpc) is 3.99. The van der Waals surface area contributed by atoms with Gasteiger partial charge in [-0.1, -0.05) is 202 Å². The van der Waals surface area contributed by atoms with Gasteiger partial charge in [-0.05, 0) is 163 Å². The molecule has 0 aromatic heterocycles. The van der Waals surface area contributed by atoms with Crippen molar-refractivity contribution in [2.24, 2.45) is 0 Å². The zero-order valence-corrected chi connectivity index (χ0v) is 36.0. The number of hydrogen-bond donors (Lipinski definition) is 0. The fraction of sp³-hybridized carbons (Fsp3) is 0.0938. The van der Waals surface area contributed by atoms with Crippen molar-refractivity contribution in [3.05, 3.63) is 250 Å². The minimum atomic E-state index is -0.111. The normalized spacial score (nSPS) is 14.3. The molecule has 3 aliphatic rings. The third-order valence-electron chi connectivity index (χ3n) is 15.5. The lowest BCUT2D eigenvalue weighted by atomic mass is 9.77. The van der Waals surface area contributed by atoms with Gasteiger partial charge in [-0.25, -0.2) is 0 Å². The summed E-state index contributed by atoms with van der Waals surface area (Å²) in [5, 5.41) is 10.5. The van der Waals surface area contributed by atoms with Gasteiger partial charge in [0.1, 0.15) is 0 Å². The number of benzene rings is 11. The van der Waals surface area contributed by atoms with E-state index in [2.05, 4.69) is 214 Å². The van der Waals surface area contributed by atoms with Crippen LogP contribution in [0.15, 0.2) is 200 Å². The fourth-order valence-electron chi connectivity index (χ4n) is 12.6. The second-order valence-corrected chi connectivity index (χ2v) is 19.0. The molecule has 11 aromatic carbocycles. The predicted molar refractivity (Wildman–Crippen MR) is 270 cm³/mol. The molecule has 0 heteroatoms. The van der Waals surface area contributed by atoms with E-state index in [1.54, 1.807) is 0 Å². The first kappa shape index (κ1) is 36.0. The lowest BCUT2D eigenvalue weighted by Crippen LogP contribution is -2.16. The van der Waals surface area contributed by atoms with Gasteiger partial charge in [0, 0.05) is 11.3 Å². The lowest BCUT2D eigenvalue weighted by Gasteiger charge is -2.26. The molecule has 0 saturated carbocycles. The maximum atomic E-state index is 2.56. The molecule has 0 nitrogen and oxygen atoms in total. The largest absolute Gasteiger partial charge is 0.0619 e. The molecular formula is C64H44. The van der Waals surface area contributed by atoms with Crippen molar-refractivity contribution in [3.63, 3.8) is 0 Å². The van der Waals surface area contributed by atoms with E-state index < -0.39 is 0 Å². The second-order valence-electron chi connectivity index (χ2n) is 19.0. The van der Waals surface area contributed by atoms with Crippen molar-refractivity contribution in [1.29, 1.82) is 0 Å². The van der Waals surface area contributed by atoms with Crippen molar-refractivity contribution >= 4 is 43.1 Å². The van der Waals surface area contributed by atoms with Gasteiger partial charge in [0.25, 0.3) is 0 Å². The molecule has 0 bridgehead atoms. The Morgan fingerprint density at radius 3 is 1.72 bits per heavy atom. The molecule has 3 aliphatic carbocycles. The van der Waals surface area contributed by atoms with Crippen LogP contribution in [-0.4, -0.2) is 0 Å². The molecule has 64 heavy (non-hydrogen) atoms. The first-order valence-electron chi connectivity index (χ1n) is 23.0. The molecular weight excluding hydrogens is 769 g/mol. The molecule has 14 rings (SSSR count). The molecule has 0 N–H and O–H groups in total. The van der Waals surface area contributed by atoms with E-state index in [0.29, 0.717) is 0 Å². The standard InChI is InChI=1S/C64H44/c1-64(2)59-28-12-11-24-51(59)52-32-30-42(37-60(52)64)61(41-29-31-50-48-22-8-7-20-46(48)47-21-9-10-23-49(47)55(50)35-41)54-27-13-17-40-36-58-57(62(40)54)34-39-16-4-6-19-44(39)63(58)53-26-14-25-45-43-18-5-3-15-38(43)33-56(45)53/h3-32,34-35,37,61H,33,36H2,1-2H3. The van der Waals surface area contributed by atoms with E-state index >= 15 is 0 Å². The highest BCUT2D eigenvalue weighted by Crippen LogP contribution is 2.54. The van der Waals surface area contributed by atoms with Crippen LogP contribution in [0.1, 0.15) is 69.8 Å². The Balaban J connectivity index is 1.04. The van der Waals surface area contributed by atoms with Gasteiger partial charge in [0.2, 0.25) is 0 Å². The quantitative estimate of drug-likeness (QED) is 0.123. The smallest absolute Gasteiger partial charge is 0.0346 e. The highest BCUT2D eigenvalue weighted by molar-refractivity contribution is 6.25. The molecule has 1 atom stereocenters. The predicted octanol–water partition coefficient (Wildman–Crippen LogP) is 16.6. The van der Waals surface area contributed by atoms with Gasteiger partial charge in [-0.2, -0.15) is 0 Å². The Kier molecular flexibility index (Phi) is 7.45. The van der Waals surface area contributed by atoms with Crippen molar-refractivity contribution in [2.75, 3.05) is 0 Å². The van der Waals surface area contributed by atoms with Gasteiger partial charge in [0.05, 0.1) is 0 Å². The topological polar surface area (TPSA) is 0 Å². The molecule has 0 aliphatic heterocycles. The summed E-state index contributed by atoms with van der Waals surface area (Å²) in [7, 11) is 0. The number of rotatable bonds is 4. The number of hydrogen-bond acceptors (Lipinski definition) is 0. The first-order valence-corrected chi connectivity index (χ1v) is 23.0. The molecule has 300 valence electrons. The van der Waals surface area contributed by atoms with E-state index in [0.717, 1.165) is 12.8 Å². The Labute approximate surface area is 374 Å². The van der Waals surface area contributed by atoms with Crippen molar-refractivity contribution < 1.29 is 0 Å². The summed E-state index contributed by atoms with van der Waals surface area (Å²) in [4.78, 5) is 0.